The summed E-state index contributed by atoms with van der Waals surface area (Å²) in [6, 6.07) is 19.4. The molecule has 1 aliphatic carbocycles. The third-order valence-corrected chi connectivity index (χ3v) is 5.12. The van der Waals surface area contributed by atoms with E-state index in [4.69, 9.17) is 4.74 Å². The summed E-state index contributed by atoms with van der Waals surface area (Å²) in [5, 5.41) is 0. The van der Waals surface area contributed by atoms with Crippen LogP contribution in [0.15, 0.2) is 72.8 Å². The second kappa shape index (κ2) is 8.71. The van der Waals surface area contributed by atoms with Crippen LogP contribution in [0.5, 0.6) is 5.75 Å². The van der Waals surface area contributed by atoms with Crippen LogP contribution in [0.3, 0.4) is 0 Å². The molecule has 0 aromatic heterocycles. The van der Waals surface area contributed by atoms with E-state index in [-0.39, 0.29) is 0 Å². The minimum atomic E-state index is 0.545. The van der Waals surface area contributed by atoms with Gasteiger partial charge in [-0.1, -0.05) is 80.5 Å². The van der Waals surface area contributed by atoms with Crippen LogP contribution in [0.4, 0.5) is 0 Å². The lowest BCUT2D eigenvalue weighted by Crippen LogP contribution is -2.04. The van der Waals surface area contributed by atoms with E-state index in [0.717, 1.165) is 18.1 Å². The van der Waals surface area contributed by atoms with Crippen LogP contribution < -0.4 is 4.74 Å². The van der Waals surface area contributed by atoms with Gasteiger partial charge in [0, 0.05) is 0 Å². The molecule has 0 saturated heterocycles. The SMILES string of the molecule is C=CCOc1ccc(/C(=C(\CC)C2CCCC2)c2ccccc2)cc1. The molecule has 1 nitrogen and oxygen atoms in total. The summed E-state index contributed by atoms with van der Waals surface area (Å²) in [6.45, 7) is 6.56. The fourth-order valence-corrected chi connectivity index (χ4v) is 3.96. The number of hydrogen-bond acceptors (Lipinski definition) is 1. The second-order valence-electron chi connectivity index (χ2n) is 6.73. The molecule has 2 aromatic carbocycles. The highest BCUT2D eigenvalue weighted by molar-refractivity contribution is 5.82. The zero-order valence-corrected chi connectivity index (χ0v) is 15.2. The Morgan fingerprint density at radius 3 is 2.24 bits per heavy atom. The molecule has 0 atom stereocenters. The first kappa shape index (κ1) is 17.5. The van der Waals surface area contributed by atoms with Crippen molar-refractivity contribution >= 4 is 5.57 Å². The Morgan fingerprint density at radius 1 is 1.00 bits per heavy atom. The highest BCUT2D eigenvalue weighted by Crippen LogP contribution is 2.39. The zero-order chi connectivity index (χ0) is 17.5. The molecule has 1 saturated carbocycles. The molecule has 0 unspecified atom stereocenters. The molecule has 130 valence electrons. The summed E-state index contributed by atoms with van der Waals surface area (Å²) in [5.74, 6) is 1.63. The molecule has 2 aromatic rings. The average Bonchev–Trinajstić information content (AvgIpc) is 3.20. The number of allylic oxidation sites excluding steroid dienone is 1. The van der Waals surface area contributed by atoms with Crippen LogP contribution in [0.1, 0.15) is 50.2 Å². The molecule has 0 N–H and O–H groups in total. The van der Waals surface area contributed by atoms with Crippen LogP contribution in [0.2, 0.25) is 0 Å². The van der Waals surface area contributed by atoms with Crippen molar-refractivity contribution in [3.8, 4) is 5.75 Å². The molecule has 1 heteroatoms. The fraction of sp³-hybridized carbons (Fsp3) is 0.333. The molecule has 0 spiro atoms. The predicted octanol–water partition coefficient (Wildman–Crippen LogP) is 6.65. The molecule has 1 fully saturated rings. The van der Waals surface area contributed by atoms with E-state index in [1.54, 1.807) is 11.6 Å². The minimum Gasteiger partial charge on any atom is -0.490 e. The maximum absolute atomic E-state index is 5.65. The highest BCUT2D eigenvalue weighted by atomic mass is 16.5. The highest BCUT2D eigenvalue weighted by Gasteiger charge is 2.22. The van der Waals surface area contributed by atoms with Crippen LogP contribution in [-0.2, 0) is 0 Å². The molecule has 0 heterocycles. The van der Waals surface area contributed by atoms with E-state index >= 15 is 0 Å². The number of ether oxygens (including phenoxy) is 1. The third kappa shape index (κ3) is 4.22. The zero-order valence-electron chi connectivity index (χ0n) is 15.2. The summed E-state index contributed by atoms with van der Waals surface area (Å²) >= 11 is 0. The second-order valence-corrected chi connectivity index (χ2v) is 6.73. The molecule has 0 amide bonds. The Morgan fingerprint density at radius 2 is 1.64 bits per heavy atom. The van der Waals surface area contributed by atoms with Crippen LogP contribution >= 0.6 is 0 Å². The van der Waals surface area contributed by atoms with Crippen molar-refractivity contribution < 1.29 is 4.74 Å². The molecular weight excluding hydrogens is 304 g/mol. The van der Waals surface area contributed by atoms with E-state index in [1.807, 2.05) is 0 Å². The summed E-state index contributed by atoms with van der Waals surface area (Å²) < 4.78 is 5.65. The first-order valence-electron chi connectivity index (χ1n) is 9.46. The quantitative estimate of drug-likeness (QED) is 0.515. The van der Waals surface area contributed by atoms with Crippen molar-refractivity contribution in [1.29, 1.82) is 0 Å². The van der Waals surface area contributed by atoms with Crippen molar-refractivity contribution in [2.45, 2.75) is 39.0 Å². The van der Waals surface area contributed by atoms with Gasteiger partial charge in [0.25, 0.3) is 0 Å². The van der Waals surface area contributed by atoms with E-state index in [2.05, 4.69) is 68.1 Å². The number of hydrogen-bond donors (Lipinski definition) is 0. The van der Waals surface area contributed by atoms with Gasteiger partial charge in [-0.05, 0) is 54.0 Å². The number of benzene rings is 2. The fourth-order valence-electron chi connectivity index (χ4n) is 3.96. The maximum atomic E-state index is 5.65. The monoisotopic (exact) mass is 332 g/mol. The van der Waals surface area contributed by atoms with Gasteiger partial charge in [0.05, 0.1) is 0 Å². The Kier molecular flexibility index (Phi) is 6.11. The van der Waals surface area contributed by atoms with Crippen molar-refractivity contribution in [3.63, 3.8) is 0 Å². The molecule has 0 aliphatic heterocycles. The Labute approximate surface area is 152 Å². The topological polar surface area (TPSA) is 9.23 Å². The Hall–Kier alpha value is -2.28. The predicted molar refractivity (Wildman–Crippen MR) is 107 cm³/mol. The minimum absolute atomic E-state index is 0.545. The van der Waals surface area contributed by atoms with Gasteiger partial charge in [0.1, 0.15) is 12.4 Å². The van der Waals surface area contributed by atoms with Gasteiger partial charge in [-0.25, -0.2) is 0 Å². The molecule has 3 rings (SSSR count). The van der Waals surface area contributed by atoms with Gasteiger partial charge in [-0.2, -0.15) is 0 Å². The molecular formula is C24H28O. The normalized spacial score (nSPS) is 15.7. The van der Waals surface area contributed by atoms with Gasteiger partial charge < -0.3 is 4.74 Å². The lowest BCUT2D eigenvalue weighted by molar-refractivity contribution is 0.363. The van der Waals surface area contributed by atoms with Crippen LogP contribution in [-0.4, -0.2) is 6.61 Å². The summed E-state index contributed by atoms with van der Waals surface area (Å²) in [6.07, 6.45) is 8.29. The lowest BCUT2D eigenvalue weighted by Gasteiger charge is -2.21. The van der Waals surface area contributed by atoms with Crippen molar-refractivity contribution in [2.24, 2.45) is 5.92 Å². The summed E-state index contributed by atoms with van der Waals surface area (Å²) in [4.78, 5) is 0. The number of rotatable bonds is 7. The smallest absolute Gasteiger partial charge is 0.119 e. The molecule has 25 heavy (non-hydrogen) atoms. The van der Waals surface area contributed by atoms with Crippen molar-refractivity contribution in [2.75, 3.05) is 6.61 Å². The largest absolute Gasteiger partial charge is 0.490 e. The van der Waals surface area contributed by atoms with Crippen LogP contribution in [0, 0.1) is 5.92 Å². The van der Waals surface area contributed by atoms with Gasteiger partial charge in [0.15, 0.2) is 0 Å². The van der Waals surface area contributed by atoms with Gasteiger partial charge in [-0.15, -0.1) is 0 Å². The van der Waals surface area contributed by atoms with Crippen molar-refractivity contribution in [1.82, 2.24) is 0 Å². The van der Waals surface area contributed by atoms with Gasteiger partial charge in [-0.3, -0.25) is 0 Å². The third-order valence-electron chi connectivity index (χ3n) is 5.12. The maximum Gasteiger partial charge on any atom is 0.119 e. The molecule has 0 radical (unpaired) electrons. The standard InChI is InChI=1S/C24H28O/c1-3-18-25-22-16-14-21(15-17-22)24(20-12-6-5-7-13-20)23(4-2)19-10-8-9-11-19/h3,5-7,12-17,19H,1,4,8-11,18H2,2H3/b24-23+. The van der Waals surface area contributed by atoms with E-state index in [0.29, 0.717) is 6.61 Å². The van der Waals surface area contributed by atoms with Crippen molar-refractivity contribution in [3.05, 3.63) is 84.0 Å². The summed E-state index contributed by atoms with van der Waals surface area (Å²) in [7, 11) is 0. The van der Waals surface area contributed by atoms with Gasteiger partial charge in [0.2, 0.25) is 0 Å². The Balaban J connectivity index is 2.03. The average molecular weight is 332 g/mol. The summed E-state index contributed by atoms with van der Waals surface area (Å²) in [5.41, 5.74) is 5.65. The van der Waals surface area contributed by atoms with Crippen LogP contribution in [0.25, 0.3) is 5.57 Å². The first-order valence-corrected chi connectivity index (χ1v) is 9.46. The Bertz CT molecular complexity index is 704. The van der Waals surface area contributed by atoms with E-state index in [9.17, 15) is 0 Å². The molecule has 0 bridgehead atoms. The lowest BCUT2D eigenvalue weighted by atomic mass is 9.84. The van der Waals surface area contributed by atoms with E-state index in [1.165, 1.54) is 42.4 Å². The van der Waals surface area contributed by atoms with E-state index < -0.39 is 0 Å². The first-order chi connectivity index (χ1) is 12.3. The molecule has 1 aliphatic rings. The van der Waals surface area contributed by atoms with Gasteiger partial charge >= 0.3 is 0 Å².